The van der Waals surface area contributed by atoms with Crippen molar-refractivity contribution < 1.29 is 9.53 Å². The molecule has 0 bridgehead atoms. The summed E-state index contributed by atoms with van der Waals surface area (Å²) < 4.78 is 5.38. The normalized spacial score (nSPS) is 22.8. The molecule has 5 nitrogen and oxygen atoms in total. The third kappa shape index (κ3) is 2.81. The lowest BCUT2D eigenvalue weighted by Gasteiger charge is -2.10. The van der Waals surface area contributed by atoms with E-state index < -0.39 is 0 Å². The van der Waals surface area contributed by atoms with E-state index in [9.17, 15) is 4.79 Å². The highest BCUT2D eigenvalue weighted by Crippen LogP contribution is 2.21. The van der Waals surface area contributed by atoms with Crippen LogP contribution in [0.15, 0.2) is 0 Å². The topological polar surface area (TPSA) is 67.0 Å². The second kappa shape index (κ2) is 5.74. The van der Waals surface area contributed by atoms with E-state index in [1.54, 1.807) is 0 Å². The number of fused-ring (bicyclic) bond motifs is 1. The van der Waals surface area contributed by atoms with Crippen LogP contribution < -0.4 is 5.32 Å². The number of aromatic amines is 1. The Hall–Kier alpha value is -1.36. The molecule has 1 atom stereocenters. The lowest BCUT2D eigenvalue weighted by molar-refractivity contribution is -0.130. The third-order valence-electron chi connectivity index (χ3n) is 4.04. The quantitative estimate of drug-likeness (QED) is 0.812. The van der Waals surface area contributed by atoms with Crippen LogP contribution >= 0.6 is 0 Å². The Morgan fingerprint density at radius 1 is 1.32 bits per heavy atom. The van der Waals surface area contributed by atoms with Gasteiger partial charge in [-0.05, 0) is 44.1 Å². The lowest BCUT2D eigenvalue weighted by Crippen LogP contribution is -2.33. The van der Waals surface area contributed by atoms with Gasteiger partial charge in [-0.3, -0.25) is 9.89 Å². The van der Waals surface area contributed by atoms with E-state index in [0.29, 0.717) is 13.2 Å². The molecule has 1 aliphatic carbocycles. The van der Waals surface area contributed by atoms with Crippen molar-refractivity contribution in [2.24, 2.45) is 0 Å². The van der Waals surface area contributed by atoms with Crippen molar-refractivity contribution in [3.63, 3.8) is 0 Å². The van der Waals surface area contributed by atoms with Gasteiger partial charge in [-0.25, -0.2) is 0 Å². The number of aromatic nitrogens is 2. The first-order valence-electron chi connectivity index (χ1n) is 7.29. The van der Waals surface area contributed by atoms with Gasteiger partial charge in [-0.15, -0.1) is 0 Å². The lowest BCUT2D eigenvalue weighted by atomic mass is 10.1. The van der Waals surface area contributed by atoms with Gasteiger partial charge < -0.3 is 10.1 Å². The maximum Gasteiger partial charge on any atom is 0.249 e. The van der Waals surface area contributed by atoms with Gasteiger partial charge in [-0.2, -0.15) is 5.10 Å². The fourth-order valence-electron chi connectivity index (χ4n) is 2.94. The van der Waals surface area contributed by atoms with Gasteiger partial charge in [0.25, 0.3) is 0 Å². The Bertz CT molecular complexity index is 450. The summed E-state index contributed by atoms with van der Waals surface area (Å²) >= 11 is 0. The minimum absolute atomic E-state index is 0.00266. The van der Waals surface area contributed by atoms with Gasteiger partial charge in [0.15, 0.2) is 0 Å². The zero-order valence-electron chi connectivity index (χ0n) is 11.2. The van der Waals surface area contributed by atoms with Gasteiger partial charge in [0.1, 0.15) is 6.10 Å². The first kappa shape index (κ1) is 12.7. The van der Waals surface area contributed by atoms with Crippen LogP contribution in [-0.2, 0) is 28.9 Å². The van der Waals surface area contributed by atoms with Gasteiger partial charge in [-0.1, -0.05) is 6.42 Å². The average Bonchev–Trinajstić information content (AvgIpc) is 3.02. The molecule has 0 spiro atoms. The van der Waals surface area contributed by atoms with Gasteiger partial charge >= 0.3 is 0 Å². The molecule has 0 aromatic carbocycles. The van der Waals surface area contributed by atoms with Crippen LogP contribution in [0.1, 0.15) is 49.1 Å². The first-order valence-corrected chi connectivity index (χ1v) is 7.29. The number of aryl methyl sites for hydroxylation is 1. The van der Waals surface area contributed by atoms with E-state index in [4.69, 9.17) is 4.74 Å². The number of amides is 1. The zero-order chi connectivity index (χ0) is 13.1. The number of H-pyrrole nitrogens is 1. The first-order chi connectivity index (χ1) is 9.34. The van der Waals surface area contributed by atoms with Crippen molar-refractivity contribution in [2.45, 2.75) is 57.6 Å². The van der Waals surface area contributed by atoms with Crippen LogP contribution in [0, 0.1) is 0 Å². The Balaban J connectivity index is 1.60. The van der Waals surface area contributed by atoms with E-state index in [1.165, 1.54) is 30.5 Å². The van der Waals surface area contributed by atoms with Crippen LogP contribution in [0.2, 0.25) is 0 Å². The molecule has 2 N–H and O–H groups in total. The molecule has 1 amide bonds. The molecule has 104 valence electrons. The second-order valence-corrected chi connectivity index (χ2v) is 5.41. The van der Waals surface area contributed by atoms with Gasteiger partial charge in [0, 0.05) is 12.3 Å². The Labute approximate surface area is 113 Å². The molecule has 1 fully saturated rings. The van der Waals surface area contributed by atoms with Crippen LogP contribution in [0.25, 0.3) is 0 Å². The summed E-state index contributed by atoms with van der Waals surface area (Å²) in [6.07, 6.45) is 7.47. The summed E-state index contributed by atoms with van der Waals surface area (Å²) in [5.74, 6) is 0.00266. The number of carbonyl (C=O) groups is 1. The number of nitrogens with zero attached hydrogens (tertiary/aromatic N) is 1. The number of hydrogen-bond acceptors (Lipinski definition) is 3. The van der Waals surface area contributed by atoms with Crippen LogP contribution in [-0.4, -0.2) is 28.8 Å². The van der Waals surface area contributed by atoms with Crippen molar-refractivity contribution in [3.05, 3.63) is 17.0 Å². The summed E-state index contributed by atoms with van der Waals surface area (Å²) in [7, 11) is 0. The number of rotatable bonds is 3. The number of hydrogen-bond donors (Lipinski definition) is 2. The largest absolute Gasteiger partial charge is 0.368 e. The number of ether oxygens (including phenoxy) is 1. The van der Waals surface area contributed by atoms with Crippen molar-refractivity contribution >= 4 is 5.91 Å². The SMILES string of the molecule is O=C(NCc1n[nH]c2c1CCCCC2)[C@H]1CCCO1. The molecule has 5 heteroatoms. The molecular weight excluding hydrogens is 242 g/mol. The fourth-order valence-corrected chi connectivity index (χ4v) is 2.94. The van der Waals surface area contributed by atoms with E-state index in [-0.39, 0.29) is 12.0 Å². The fraction of sp³-hybridized carbons (Fsp3) is 0.714. The molecule has 0 unspecified atom stereocenters. The van der Waals surface area contributed by atoms with E-state index >= 15 is 0 Å². The van der Waals surface area contributed by atoms with Crippen molar-refractivity contribution in [3.8, 4) is 0 Å². The highest BCUT2D eigenvalue weighted by Gasteiger charge is 2.24. The molecule has 1 aromatic rings. The minimum Gasteiger partial charge on any atom is -0.368 e. The molecule has 2 heterocycles. The number of nitrogens with one attached hydrogen (secondary N) is 2. The third-order valence-corrected chi connectivity index (χ3v) is 4.04. The van der Waals surface area contributed by atoms with Gasteiger partial charge in [0.2, 0.25) is 5.91 Å². The summed E-state index contributed by atoms with van der Waals surface area (Å²) in [4.78, 5) is 11.9. The van der Waals surface area contributed by atoms with Crippen molar-refractivity contribution in [2.75, 3.05) is 6.61 Å². The predicted molar refractivity (Wildman–Crippen MR) is 70.7 cm³/mol. The van der Waals surface area contributed by atoms with Crippen LogP contribution in [0.3, 0.4) is 0 Å². The maximum atomic E-state index is 11.9. The molecule has 2 aliphatic rings. The summed E-state index contributed by atoms with van der Waals surface area (Å²) in [6, 6.07) is 0. The molecule has 1 saturated heterocycles. The van der Waals surface area contributed by atoms with Crippen molar-refractivity contribution in [1.82, 2.24) is 15.5 Å². The van der Waals surface area contributed by atoms with E-state index in [2.05, 4.69) is 15.5 Å². The maximum absolute atomic E-state index is 11.9. The Morgan fingerprint density at radius 3 is 3.05 bits per heavy atom. The highest BCUT2D eigenvalue weighted by molar-refractivity contribution is 5.80. The van der Waals surface area contributed by atoms with Crippen LogP contribution in [0.5, 0.6) is 0 Å². The van der Waals surface area contributed by atoms with E-state index in [1.807, 2.05) is 0 Å². The summed E-state index contributed by atoms with van der Waals surface area (Å²) in [5.41, 5.74) is 3.59. The Kier molecular flexibility index (Phi) is 3.82. The minimum atomic E-state index is -0.252. The molecule has 0 saturated carbocycles. The molecule has 1 aliphatic heterocycles. The monoisotopic (exact) mass is 263 g/mol. The standard InChI is InChI=1S/C14H21N3O2/c18-14(13-7-4-8-19-13)15-9-12-10-5-2-1-3-6-11(10)16-17-12/h13H,1-9H2,(H,15,18)(H,16,17)/t13-/m1/s1. The molecule has 0 radical (unpaired) electrons. The smallest absolute Gasteiger partial charge is 0.249 e. The second-order valence-electron chi connectivity index (χ2n) is 5.41. The summed E-state index contributed by atoms with van der Waals surface area (Å²) in [5, 5.41) is 10.4. The summed E-state index contributed by atoms with van der Waals surface area (Å²) in [6.45, 7) is 1.22. The van der Waals surface area contributed by atoms with E-state index in [0.717, 1.165) is 31.4 Å². The molecule has 19 heavy (non-hydrogen) atoms. The predicted octanol–water partition coefficient (Wildman–Crippen LogP) is 1.47. The van der Waals surface area contributed by atoms with Crippen molar-refractivity contribution in [1.29, 1.82) is 0 Å². The average molecular weight is 263 g/mol. The molecule has 3 rings (SSSR count). The highest BCUT2D eigenvalue weighted by atomic mass is 16.5. The zero-order valence-corrected chi connectivity index (χ0v) is 11.2. The molecule has 1 aromatic heterocycles. The molecular formula is C14H21N3O2. The van der Waals surface area contributed by atoms with Gasteiger partial charge in [0.05, 0.1) is 12.2 Å². The van der Waals surface area contributed by atoms with Crippen LogP contribution in [0.4, 0.5) is 0 Å². The Morgan fingerprint density at radius 2 is 2.21 bits per heavy atom. The number of carbonyl (C=O) groups excluding carboxylic acids is 1.